The zero-order valence-electron chi connectivity index (χ0n) is 24.7. The van der Waals surface area contributed by atoms with Crippen LogP contribution in [0.3, 0.4) is 0 Å². The summed E-state index contributed by atoms with van der Waals surface area (Å²) in [5, 5.41) is 3.63. The molecule has 1 aromatic carbocycles. The Hall–Kier alpha value is -2.76. The lowest BCUT2D eigenvalue weighted by atomic mass is 9.67. The monoisotopic (exact) mass is 591 g/mol. The standard InChI is InChI=1S/C35H42ClNO3S/c1-23(40-5)31(37-24(2)38)22-41-32(39)20-28-15-14-25-18-19-35(3,4)21-30(25)34(26-10-7-6-8-11-26)33(28)27-12-9-13-29(36)17-16-27/h6-11,13,16-17,25,31H,1,12,14-15,18-22H2,2-5H3,(H,37,38). The van der Waals surface area contributed by atoms with Gasteiger partial charge in [-0.3, -0.25) is 9.59 Å². The fourth-order valence-corrected chi connectivity index (χ4v) is 7.25. The number of allylic oxidation sites excluding steroid dienone is 10. The van der Waals surface area contributed by atoms with Gasteiger partial charge < -0.3 is 10.1 Å². The molecular formula is C35H42ClNO3S. The van der Waals surface area contributed by atoms with Gasteiger partial charge in [0.2, 0.25) is 5.91 Å². The number of fused-ring (bicyclic) bond motifs is 1. The topological polar surface area (TPSA) is 55.4 Å². The minimum atomic E-state index is -0.428. The highest BCUT2D eigenvalue weighted by atomic mass is 35.5. The van der Waals surface area contributed by atoms with Crippen molar-refractivity contribution >= 4 is 40.0 Å². The van der Waals surface area contributed by atoms with Crippen LogP contribution in [0.4, 0.5) is 0 Å². The fourth-order valence-electron chi connectivity index (χ4n) is 6.20. The van der Waals surface area contributed by atoms with Gasteiger partial charge in [0.05, 0.1) is 13.2 Å². The zero-order valence-corrected chi connectivity index (χ0v) is 26.3. The van der Waals surface area contributed by atoms with Crippen molar-refractivity contribution in [3.63, 3.8) is 0 Å². The summed E-state index contributed by atoms with van der Waals surface area (Å²) in [7, 11) is 1.53. The van der Waals surface area contributed by atoms with E-state index in [-0.39, 0.29) is 16.4 Å². The molecule has 4 nitrogen and oxygen atoms in total. The maximum Gasteiger partial charge on any atom is 0.217 e. The molecule has 1 amide bonds. The van der Waals surface area contributed by atoms with Crippen molar-refractivity contribution in [1.82, 2.24) is 5.32 Å². The van der Waals surface area contributed by atoms with E-state index < -0.39 is 6.04 Å². The van der Waals surface area contributed by atoms with Gasteiger partial charge in [-0.2, -0.15) is 0 Å². The summed E-state index contributed by atoms with van der Waals surface area (Å²) in [5.41, 5.74) is 7.89. The van der Waals surface area contributed by atoms with E-state index in [9.17, 15) is 9.59 Å². The average Bonchev–Trinajstić information content (AvgIpc) is 3.24. The quantitative estimate of drug-likeness (QED) is 0.292. The van der Waals surface area contributed by atoms with E-state index in [4.69, 9.17) is 16.3 Å². The molecule has 0 saturated heterocycles. The third kappa shape index (κ3) is 8.17. The fraction of sp³-hybridized carbons (Fsp3) is 0.429. The van der Waals surface area contributed by atoms with E-state index in [1.807, 2.05) is 12.2 Å². The molecule has 0 radical (unpaired) electrons. The molecule has 6 heteroatoms. The van der Waals surface area contributed by atoms with Gasteiger partial charge in [0.15, 0.2) is 5.12 Å². The molecule has 2 unspecified atom stereocenters. The third-order valence-corrected chi connectivity index (χ3v) is 9.51. The van der Waals surface area contributed by atoms with Gasteiger partial charge in [-0.1, -0.05) is 97.4 Å². The van der Waals surface area contributed by atoms with Crippen LogP contribution in [-0.2, 0) is 14.3 Å². The Bertz CT molecular complexity index is 1330. The summed E-state index contributed by atoms with van der Waals surface area (Å²) in [6.45, 7) is 10.1. The van der Waals surface area contributed by atoms with Gasteiger partial charge in [0, 0.05) is 24.1 Å². The van der Waals surface area contributed by atoms with Crippen LogP contribution in [0.15, 0.2) is 94.3 Å². The normalized spacial score (nSPS) is 21.1. The smallest absolute Gasteiger partial charge is 0.217 e. The lowest BCUT2D eigenvalue weighted by molar-refractivity contribution is -0.119. The van der Waals surface area contributed by atoms with E-state index in [0.717, 1.165) is 25.7 Å². The number of benzene rings is 1. The zero-order chi connectivity index (χ0) is 29.6. The largest absolute Gasteiger partial charge is 0.500 e. The highest BCUT2D eigenvalue weighted by Crippen LogP contribution is 2.52. The molecule has 3 aliphatic carbocycles. The molecule has 0 spiro atoms. The molecule has 1 aromatic rings. The highest BCUT2D eigenvalue weighted by molar-refractivity contribution is 8.13. The molecule has 1 fully saturated rings. The summed E-state index contributed by atoms with van der Waals surface area (Å²) < 4.78 is 5.28. The van der Waals surface area contributed by atoms with Crippen LogP contribution < -0.4 is 5.32 Å². The van der Waals surface area contributed by atoms with Crippen LogP contribution in [0.2, 0.25) is 0 Å². The van der Waals surface area contributed by atoms with Crippen LogP contribution in [0.5, 0.6) is 0 Å². The summed E-state index contributed by atoms with van der Waals surface area (Å²) in [6, 6.07) is 10.3. The van der Waals surface area contributed by atoms with Crippen molar-refractivity contribution in [2.24, 2.45) is 11.3 Å². The second kappa shape index (κ2) is 13.9. The Kier molecular flexibility index (Phi) is 10.6. The first-order chi connectivity index (χ1) is 19.6. The molecule has 41 heavy (non-hydrogen) atoms. The van der Waals surface area contributed by atoms with Gasteiger partial charge in [0.1, 0.15) is 5.76 Å². The summed E-state index contributed by atoms with van der Waals surface area (Å²) in [4.78, 5) is 25.3. The number of carbonyl (C=O) groups excluding carboxylic acids is 2. The Labute approximate surface area is 254 Å². The lowest BCUT2D eigenvalue weighted by Crippen LogP contribution is -2.37. The number of thioether (sulfide) groups is 1. The molecule has 0 aromatic heterocycles. The van der Waals surface area contributed by atoms with Gasteiger partial charge in [-0.15, -0.1) is 0 Å². The highest BCUT2D eigenvalue weighted by Gasteiger charge is 2.36. The number of nitrogens with one attached hydrogen (secondary N) is 1. The number of hydrogen-bond donors (Lipinski definition) is 1. The summed E-state index contributed by atoms with van der Waals surface area (Å²) >= 11 is 7.66. The molecule has 2 atom stereocenters. The van der Waals surface area contributed by atoms with E-state index in [0.29, 0.717) is 28.9 Å². The first kappa shape index (κ1) is 31.2. The van der Waals surface area contributed by atoms with Crippen molar-refractivity contribution in [1.29, 1.82) is 0 Å². The average molecular weight is 592 g/mol. The number of halogens is 1. The van der Waals surface area contributed by atoms with Crippen molar-refractivity contribution in [3.05, 3.63) is 99.9 Å². The van der Waals surface area contributed by atoms with Crippen molar-refractivity contribution < 1.29 is 14.3 Å². The Morgan fingerprint density at radius 3 is 2.63 bits per heavy atom. The van der Waals surface area contributed by atoms with Crippen LogP contribution in [0.25, 0.3) is 5.57 Å². The van der Waals surface area contributed by atoms with E-state index >= 15 is 0 Å². The van der Waals surface area contributed by atoms with Gasteiger partial charge in [0.25, 0.3) is 0 Å². The van der Waals surface area contributed by atoms with Crippen molar-refractivity contribution in [2.75, 3.05) is 12.9 Å². The third-order valence-electron chi connectivity index (χ3n) is 8.29. The van der Waals surface area contributed by atoms with Crippen molar-refractivity contribution in [2.45, 2.75) is 71.8 Å². The number of rotatable bonds is 9. The SMILES string of the molecule is C=C(OC)C(CSC(=O)CC1=C(C2=CC=C(Cl)C=CC2)C(c2ccccc2)=C2CC(C)(C)CCC2CC1)NC(C)=O. The summed E-state index contributed by atoms with van der Waals surface area (Å²) in [5.74, 6) is 1.14. The molecule has 0 heterocycles. The maximum atomic E-state index is 13.6. The number of amides is 1. The van der Waals surface area contributed by atoms with E-state index in [2.05, 4.69) is 68.2 Å². The number of carbonyl (C=O) groups is 2. The molecule has 4 rings (SSSR count). The van der Waals surface area contributed by atoms with Crippen LogP contribution in [0.1, 0.15) is 71.3 Å². The first-order valence-corrected chi connectivity index (χ1v) is 15.8. The lowest BCUT2D eigenvalue weighted by Gasteiger charge is -2.38. The van der Waals surface area contributed by atoms with Crippen molar-refractivity contribution in [3.8, 4) is 0 Å². The Morgan fingerprint density at radius 1 is 1.17 bits per heavy atom. The maximum absolute atomic E-state index is 13.6. The van der Waals surface area contributed by atoms with Crippen LogP contribution >= 0.6 is 23.4 Å². The van der Waals surface area contributed by atoms with E-state index in [1.54, 1.807) is 0 Å². The second-order valence-corrected chi connectivity index (χ2v) is 13.5. The molecular weight excluding hydrogens is 550 g/mol. The second-order valence-electron chi connectivity index (χ2n) is 12.0. The summed E-state index contributed by atoms with van der Waals surface area (Å²) in [6.07, 6.45) is 14.6. The minimum Gasteiger partial charge on any atom is -0.500 e. The number of ether oxygens (including phenoxy) is 1. The van der Waals surface area contributed by atoms with Gasteiger partial charge >= 0.3 is 0 Å². The molecule has 0 bridgehead atoms. The predicted octanol–water partition coefficient (Wildman–Crippen LogP) is 8.68. The predicted molar refractivity (Wildman–Crippen MR) is 172 cm³/mol. The Balaban J connectivity index is 1.79. The first-order valence-electron chi connectivity index (χ1n) is 14.5. The van der Waals surface area contributed by atoms with Crippen LogP contribution in [0, 0.1) is 11.3 Å². The molecule has 1 N–H and O–H groups in total. The number of hydrogen-bond acceptors (Lipinski definition) is 4. The molecule has 1 saturated carbocycles. The van der Waals surface area contributed by atoms with Crippen LogP contribution in [-0.4, -0.2) is 29.9 Å². The van der Waals surface area contributed by atoms with Gasteiger partial charge in [-0.25, -0.2) is 0 Å². The molecule has 3 aliphatic rings. The number of methoxy groups -OCH3 is 1. The van der Waals surface area contributed by atoms with E-state index in [1.165, 1.54) is 72.1 Å². The molecule has 218 valence electrons. The minimum absolute atomic E-state index is 0.0812. The molecule has 0 aliphatic heterocycles. The Morgan fingerprint density at radius 2 is 1.93 bits per heavy atom. The van der Waals surface area contributed by atoms with Gasteiger partial charge in [-0.05, 0) is 84.3 Å².